The Balaban J connectivity index is 2.10. The molecule has 0 atom stereocenters. The first-order chi connectivity index (χ1) is 10.5. The minimum atomic E-state index is -0.483. The number of anilines is 1. The van der Waals surface area contributed by atoms with Crippen LogP contribution in [0.4, 0.5) is 11.4 Å². The molecule has 1 amide bonds. The molecule has 0 heterocycles. The maximum atomic E-state index is 11.4. The Morgan fingerprint density at radius 1 is 1.23 bits per heavy atom. The van der Waals surface area contributed by atoms with Gasteiger partial charge in [0, 0.05) is 30.2 Å². The first-order valence-corrected chi connectivity index (χ1v) is 6.88. The fourth-order valence-corrected chi connectivity index (χ4v) is 2.09. The highest BCUT2D eigenvalue weighted by Crippen LogP contribution is 2.28. The number of amides is 1. The van der Waals surface area contributed by atoms with E-state index in [0.29, 0.717) is 22.8 Å². The van der Waals surface area contributed by atoms with Crippen molar-refractivity contribution < 1.29 is 9.72 Å². The number of nitrogens with zero attached hydrogens (tertiary/aromatic N) is 1. The summed E-state index contributed by atoms with van der Waals surface area (Å²) in [4.78, 5) is 22.0. The van der Waals surface area contributed by atoms with Crippen molar-refractivity contribution >= 4 is 28.9 Å². The van der Waals surface area contributed by atoms with Crippen molar-refractivity contribution in [2.24, 2.45) is 0 Å². The summed E-state index contributed by atoms with van der Waals surface area (Å²) in [5.41, 5.74) is 1.78. The van der Waals surface area contributed by atoms with E-state index >= 15 is 0 Å². The standard InChI is InChI=1S/C15H14ClN3O3/c1-17-15(20)11-4-2-10(3-5-11)9-18-13-7-6-12(16)8-14(13)19(21)22/h2-8,18H,9H2,1H3,(H,17,20). The maximum absolute atomic E-state index is 11.4. The van der Waals surface area contributed by atoms with Gasteiger partial charge in [0.25, 0.3) is 11.6 Å². The third-order valence-electron chi connectivity index (χ3n) is 3.08. The van der Waals surface area contributed by atoms with E-state index in [9.17, 15) is 14.9 Å². The largest absolute Gasteiger partial charge is 0.375 e. The Bertz CT molecular complexity index is 702. The zero-order valence-corrected chi connectivity index (χ0v) is 12.6. The Hall–Kier alpha value is -2.60. The molecule has 0 bridgehead atoms. The number of nitro benzene ring substituents is 1. The molecule has 0 aliphatic rings. The van der Waals surface area contributed by atoms with Crippen molar-refractivity contribution in [2.75, 3.05) is 12.4 Å². The van der Waals surface area contributed by atoms with Crippen LogP contribution in [-0.4, -0.2) is 17.9 Å². The molecule has 0 aromatic heterocycles. The maximum Gasteiger partial charge on any atom is 0.293 e. The molecule has 2 aromatic rings. The summed E-state index contributed by atoms with van der Waals surface area (Å²) in [7, 11) is 1.57. The highest BCUT2D eigenvalue weighted by molar-refractivity contribution is 6.30. The van der Waals surface area contributed by atoms with Crippen molar-refractivity contribution in [1.29, 1.82) is 0 Å². The number of halogens is 1. The van der Waals surface area contributed by atoms with Crippen molar-refractivity contribution in [3.63, 3.8) is 0 Å². The summed E-state index contributed by atoms with van der Waals surface area (Å²) in [6.45, 7) is 0.399. The summed E-state index contributed by atoms with van der Waals surface area (Å²) in [5, 5.41) is 16.9. The quantitative estimate of drug-likeness (QED) is 0.654. The third kappa shape index (κ3) is 3.73. The normalized spacial score (nSPS) is 10.1. The fraction of sp³-hybridized carbons (Fsp3) is 0.133. The highest BCUT2D eigenvalue weighted by Gasteiger charge is 2.13. The molecule has 2 N–H and O–H groups in total. The number of hydrogen-bond acceptors (Lipinski definition) is 4. The number of nitrogens with one attached hydrogen (secondary N) is 2. The Labute approximate surface area is 132 Å². The number of carbonyl (C=O) groups is 1. The zero-order chi connectivity index (χ0) is 16.1. The first-order valence-electron chi connectivity index (χ1n) is 6.50. The summed E-state index contributed by atoms with van der Waals surface area (Å²) in [5.74, 6) is -0.159. The molecule has 114 valence electrons. The number of carbonyl (C=O) groups excluding carboxylic acids is 1. The molecule has 2 rings (SSSR count). The Morgan fingerprint density at radius 3 is 2.50 bits per heavy atom. The highest BCUT2D eigenvalue weighted by atomic mass is 35.5. The average molecular weight is 320 g/mol. The van der Waals surface area contributed by atoms with Crippen molar-refractivity contribution in [3.05, 3.63) is 68.7 Å². The molecular weight excluding hydrogens is 306 g/mol. The molecule has 22 heavy (non-hydrogen) atoms. The van der Waals surface area contributed by atoms with Gasteiger partial charge in [-0.1, -0.05) is 23.7 Å². The molecule has 0 radical (unpaired) electrons. The van der Waals surface area contributed by atoms with E-state index in [1.807, 2.05) is 0 Å². The van der Waals surface area contributed by atoms with Crippen molar-refractivity contribution in [2.45, 2.75) is 6.54 Å². The fourth-order valence-electron chi connectivity index (χ4n) is 1.92. The zero-order valence-electron chi connectivity index (χ0n) is 11.8. The van der Waals surface area contributed by atoms with Crippen LogP contribution in [-0.2, 0) is 6.54 Å². The predicted octanol–water partition coefficient (Wildman–Crippen LogP) is 3.22. The molecule has 0 aliphatic heterocycles. The Morgan fingerprint density at radius 2 is 1.91 bits per heavy atom. The predicted molar refractivity (Wildman–Crippen MR) is 85.3 cm³/mol. The number of hydrogen-bond donors (Lipinski definition) is 2. The summed E-state index contributed by atoms with van der Waals surface area (Å²) < 4.78 is 0. The van der Waals surface area contributed by atoms with Gasteiger partial charge >= 0.3 is 0 Å². The van der Waals surface area contributed by atoms with E-state index < -0.39 is 4.92 Å². The van der Waals surface area contributed by atoms with Crippen LogP contribution in [0.15, 0.2) is 42.5 Å². The van der Waals surface area contributed by atoms with E-state index in [1.54, 1.807) is 43.4 Å². The second-order valence-corrected chi connectivity index (χ2v) is 4.98. The molecule has 6 nitrogen and oxygen atoms in total. The van der Waals surface area contributed by atoms with Gasteiger partial charge in [0.15, 0.2) is 0 Å². The van der Waals surface area contributed by atoms with Gasteiger partial charge in [0.05, 0.1) is 4.92 Å². The second kappa shape index (κ2) is 6.91. The van der Waals surface area contributed by atoms with Gasteiger partial charge in [-0.05, 0) is 29.8 Å². The van der Waals surface area contributed by atoms with E-state index in [2.05, 4.69) is 10.6 Å². The molecule has 0 saturated heterocycles. The summed E-state index contributed by atoms with van der Waals surface area (Å²) in [6.07, 6.45) is 0. The van der Waals surface area contributed by atoms with Gasteiger partial charge in [-0.15, -0.1) is 0 Å². The lowest BCUT2D eigenvalue weighted by Crippen LogP contribution is -2.17. The van der Waals surface area contributed by atoms with Crippen LogP contribution in [0.3, 0.4) is 0 Å². The first kappa shape index (κ1) is 15.8. The minimum Gasteiger partial charge on any atom is -0.375 e. The van der Waals surface area contributed by atoms with Gasteiger partial charge in [-0.25, -0.2) is 0 Å². The lowest BCUT2D eigenvalue weighted by Gasteiger charge is -2.08. The Kier molecular flexibility index (Phi) is 4.95. The van der Waals surface area contributed by atoms with Gasteiger partial charge < -0.3 is 10.6 Å². The van der Waals surface area contributed by atoms with Gasteiger partial charge in [0.2, 0.25) is 0 Å². The van der Waals surface area contributed by atoms with Gasteiger partial charge in [-0.2, -0.15) is 0 Å². The number of benzene rings is 2. The molecule has 7 heteroatoms. The minimum absolute atomic E-state index is 0.0746. The van der Waals surface area contributed by atoms with Crippen LogP contribution >= 0.6 is 11.6 Å². The molecule has 0 unspecified atom stereocenters. The summed E-state index contributed by atoms with van der Waals surface area (Å²) >= 11 is 5.77. The van der Waals surface area contributed by atoms with E-state index in [-0.39, 0.29) is 11.6 Å². The molecule has 0 saturated carbocycles. The van der Waals surface area contributed by atoms with Crippen molar-refractivity contribution in [1.82, 2.24) is 5.32 Å². The van der Waals surface area contributed by atoms with Crippen LogP contribution in [0.2, 0.25) is 5.02 Å². The SMILES string of the molecule is CNC(=O)c1ccc(CNc2ccc(Cl)cc2[N+](=O)[O-])cc1. The number of rotatable bonds is 5. The molecule has 2 aromatic carbocycles. The van der Waals surface area contributed by atoms with Crippen LogP contribution < -0.4 is 10.6 Å². The third-order valence-corrected chi connectivity index (χ3v) is 3.32. The lowest BCUT2D eigenvalue weighted by atomic mass is 10.1. The van der Waals surface area contributed by atoms with E-state index in [4.69, 9.17) is 11.6 Å². The lowest BCUT2D eigenvalue weighted by molar-refractivity contribution is -0.383. The second-order valence-electron chi connectivity index (χ2n) is 4.55. The van der Waals surface area contributed by atoms with Gasteiger partial charge in [0.1, 0.15) is 5.69 Å². The molecule has 0 fully saturated rings. The van der Waals surface area contributed by atoms with Gasteiger partial charge in [-0.3, -0.25) is 14.9 Å². The van der Waals surface area contributed by atoms with E-state index in [1.165, 1.54) is 6.07 Å². The van der Waals surface area contributed by atoms with Crippen LogP contribution in [0.25, 0.3) is 0 Å². The number of nitro groups is 1. The van der Waals surface area contributed by atoms with E-state index in [0.717, 1.165) is 5.56 Å². The van der Waals surface area contributed by atoms with Crippen LogP contribution in [0.5, 0.6) is 0 Å². The van der Waals surface area contributed by atoms with Crippen LogP contribution in [0, 0.1) is 10.1 Å². The van der Waals surface area contributed by atoms with Crippen LogP contribution in [0.1, 0.15) is 15.9 Å². The average Bonchev–Trinajstić information content (AvgIpc) is 2.53. The summed E-state index contributed by atoms with van der Waals surface area (Å²) in [6, 6.07) is 11.4. The monoisotopic (exact) mass is 319 g/mol. The van der Waals surface area contributed by atoms with Crippen molar-refractivity contribution in [3.8, 4) is 0 Å². The molecular formula is C15H14ClN3O3. The topological polar surface area (TPSA) is 84.3 Å². The smallest absolute Gasteiger partial charge is 0.293 e. The molecule has 0 aliphatic carbocycles. The molecule has 0 spiro atoms.